The highest BCUT2D eigenvalue weighted by Crippen LogP contribution is 2.25. The number of hydrogen-bond donors (Lipinski definition) is 1. The number of ether oxygens (including phenoxy) is 1. The van der Waals surface area contributed by atoms with Crippen molar-refractivity contribution in [2.45, 2.75) is 50.9 Å². The summed E-state index contributed by atoms with van der Waals surface area (Å²) in [5, 5.41) is 3.36. The van der Waals surface area contributed by atoms with Gasteiger partial charge in [-0.1, -0.05) is 0 Å². The van der Waals surface area contributed by atoms with Crippen molar-refractivity contribution in [2.75, 3.05) is 45.9 Å². The first-order chi connectivity index (χ1) is 13.9. The average molecular weight is 416 g/mol. The van der Waals surface area contributed by atoms with E-state index in [0.29, 0.717) is 39.3 Å². The molecule has 0 bridgehead atoms. The molecule has 0 amide bonds. The minimum absolute atomic E-state index is 0.122. The molecule has 29 heavy (non-hydrogen) atoms. The highest BCUT2D eigenvalue weighted by atomic mass is 19.4. The molecule has 2 atom stereocenters. The molecule has 1 aromatic rings. The van der Waals surface area contributed by atoms with Gasteiger partial charge in [-0.2, -0.15) is 13.2 Å². The Kier molecular flexibility index (Phi) is 7.83. The van der Waals surface area contributed by atoms with Crippen LogP contribution in [0.15, 0.2) is 27.8 Å². The second-order valence-corrected chi connectivity index (χ2v) is 7.65. The Bertz CT molecular complexity index is 622. The summed E-state index contributed by atoms with van der Waals surface area (Å²) in [4.78, 5) is 8.28. The van der Waals surface area contributed by atoms with Crippen LogP contribution in [0.1, 0.15) is 31.9 Å². The third-order valence-electron chi connectivity index (χ3n) is 5.59. The first-order valence-electron chi connectivity index (χ1n) is 10.4. The van der Waals surface area contributed by atoms with Crippen LogP contribution in [-0.2, 0) is 11.2 Å². The molecule has 2 fully saturated rings. The van der Waals surface area contributed by atoms with E-state index >= 15 is 0 Å². The predicted octanol–water partition coefficient (Wildman–Crippen LogP) is 2.91. The summed E-state index contributed by atoms with van der Waals surface area (Å²) in [6.45, 7) is 4.97. The molecule has 0 aliphatic carbocycles. The normalized spacial score (nSPS) is 23.2. The molecule has 6 nitrogen and oxygen atoms in total. The molecular weight excluding hydrogens is 385 g/mol. The number of nitrogens with one attached hydrogen (secondary N) is 1. The van der Waals surface area contributed by atoms with Crippen molar-refractivity contribution < 1.29 is 22.3 Å². The second-order valence-electron chi connectivity index (χ2n) is 7.65. The van der Waals surface area contributed by atoms with Crippen LogP contribution in [0.25, 0.3) is 0 Å². The van der Waals surface area contributed by atoms with Gasteiger partial charge in [-0.25, -0.2) is 0 Å². The molecule has 2 unspecified atom stereocenters. The van der Waals surface area contributed by atoms with E-state index in [1.807, 2.05) is 17.0 Å². The summed E-state index contributed by atoms with van der Waals surface area (Å²) in [7, 11) is 0. The van der Waals surface area contributed by atoms with Crippen molar-refractivity contribution in [1.29, 1.82) is 0 Å². The Morgan fingerprint density at radius 3 is 2.69 bits per heavy atom. The third-order valence-corrected chi connectivity index (χ3v) is 5.59. The van der Waals surface area contributed by atoms with E-state index in [1.165, 1.54) is 11.8 Å². The lowest BCUT2D eigenvalue weighted by Gasteiger charge is -2.39. The zero-order valence-corrected chi connectivity index (χ0v) is 17.0. The van der Waals surface area contributed by atoms with E-state index in [1.54, 1.807) is 6.26 Å². The Balaban J connectivity index is 1.56. The molecule has 1 N–H and O–H groups in total. The fraction of sp³-hybridized carbons (Fsp3) is 0.750. The van der Waals surface area contributed by atoms with Crippen molar-refractivity contribution >= 4 is 5.96 Å². The van der Waals surface area contributed by atoms with Crippen molar-refractivity contribution in [1.82, 2.24) is 15.1 Å². The first-order valence-corrected chi connectivity index (χ1v) is 10.4. The molecule has 1 aromatic heterocycles. The standard InChI is InChI=1S/C20H31F3N4O2/c1-16(20(21,22)23)26-9-11-27(12-10-26)19(24-8-7-17-6-4-14-28-17)25-15-18-5-2-3-13-29-18/h4,6,14,16,18H,2-3,5,7-13,15H2,1H3,(H,24,25). The SMILES string of the molecule is CC(N1CCN(C(=NCC2CCCCO2)NCCc2ccco2)CC1)C(F)(F)F. The van der Waals surface area contributed by atoms with Crippen LogP contribution in [0.2, 0.25) is 0 Å². The smallest absolute Gasteiger partial charge is 0.403 e. The lowest BCUT2D eigenvalue weighted by atomic mass is 10.1. The summed E-state index contributed by atoms with van der Waals surface area (Å²) in [6.07, 6.45) is 1.53. The number of alkyl halides is 3. The topological polar surface area (TPSA) is 53.2 Å². The minimum atomic E-state index is -4.20. The quantitative estimate of drug-likeness (QED) is 0.571. The van der Waals surface area contributed by atoms with E-state index in [4.69, 9.17) is 14.1 Å². The lowest BCUT2D eigenvalue weighted by Crippen LogP contribution is -2.57. The number of hydrogen-bond acceptors (Lipinski definition) is 4. The number of guanidine groups is 1. The first kappa shape index (κ1) is 22.0. The maximum absolute atomic E-state index is 13.0. The van der Waals surface area contributed by atoms with Gasteiger partial charge in [0.25, 0.3) is 0 Å². The molecule has 164 valence electrons. The van der Waals surface area contributed by atoms with Gasteiger partial charge >= 0.3 is 6.18 Å². The van der Waals surface area contributed by atoms with Gasteiger partial charge in [-0.15, -0.1) is 0 Å². The van der Waals surface area contributed by atoms with Crippen molar-refractivity contribution in [2.24, 2.45) is 4.99 Å². The largest absolute Gasteiger partial charge is 0.469 e. The number of halogens is 3. The Morgan fingerprint density at radius 1 is 1.28 bits per heavy atom. The monoisotopic (exact) mass is 416 g/mol. The molecule has 3 heterocycles. The molecule has 2 saturated heterocycles. The maximum Gasteiger partial charge on any atom is 0.403 e. The van der Waals surface area contributed by atoms with Gasteiger partial charge in [0.05, 0.1) is 18.9 Å². The van der Waals surface area contributed by atoms with Gasteiger partial charge in [-0.3, -0.25) is 9.89 Å². The average Bonchev–Trinajstić information content (AvgIpc) is 3.24. The Morgan fingerprint density at radius 2 is 2.07 bits per heavy atom. The molecule has 0 radical (unpaired) electrons. The summed E-state index contributed by atoms with van der Waals surface area (Å²) in [5.74, 6) is 1.63. The van der Waals surface area contributed by atoms with Crippen LogP contribution in [0, 0.1) is 0 Å². The zero-order chi connectivity index (χ0) is 20.7. The Labute approximate surface area is 170 Å². The van der Waals surface area contributed by atoms with Crippen molar-refractivity contribution in [3.63, 3.8) is 0 Å². The van der Waals surface area contributed by atoms with Crippen LogP contribution < -0.4 is 5.32 Å². The molecular formula is C20H31F3N4O2. The Hall–Kier alpha value is -1.74. The summed E-state index contributed by atoms with van der Waals surface area (Å²) in [5.41, 5.74) is 0. The summed E-state index contributed by atoms with van der Waals surface area (Å²) < 4.78 is 50.1. The van der Waals surface area contributed by atoms with E-state index in [9.17, 15) is 13.2 Å². The van der Waals surface area contributed by atoms with Crippen LogP contribution in [0.4, 0.5) is 13.2 Å². The summed E-state index contributed by atoms with van der Waals surface area (Å²) >= 11 is 0. The number of piperazine rings is 1. The fourth-order valence-electron chi connectivity index (χ4n) is 3.69. The van der Waals surface area contributed by atoms with Gasteiger partial charge in [-0.05, 0) is 38.3 Å². The van der Waals surface area contributed by atoms with Crippen LogP contribution in [-0.4, -0.2) is 80.0 Å². The molecule has 2 aliphatic heterocycles. The van der Waals surface area contributed by atoms with Gasteiger partial charge in [0.2, 0.25) is 0 Å². The van der Waals surface area contributed by atoms with Gasteiger partial charge in [0, 0.05) is 45.8 Å². The van der Waals surface area contributed by atoms with Crippen LogP contribution >= 0.6 is 0 Å². The van der Waals surface area contributed by atoms with Crippen LogP contribution in [0.5, 0.6) is 0 Å². The van der Waals surface area contributed by atoms with E-state index < -0.39 is 12.2 Å². The maximum atomic E-state index is 13.0. The molecule has 3 rings (SSSR count). The van der Waals surface area contributed by atoms with Crippen molar-refractivity contribution in [3.8, 4) is 0 Å². The fourth-order valence-corrected chi connectivity index (χ4v) is 3.69. The molecule has 0 aromatic carbocycles. The third kappa shape index (κ3) is 6.64. The van der Waals surface area contributed by atoms with Gasteiger partial charge in [0.15, 0.2) is 5.96 Å². The molecule has 0 saturated carbocycles. The summed E-state index contributed by atoms with van der Waals surface area (Å²) in [6, 6.07) is 2.35. The molecule has 0 spiro atoms. The number of nitrogens with zero attached hydrogens (tertiary/aromatic N) is 3. The van der Waals surface area contributed by atoms with Gasteiger partial charge in [0.1, 0.15) is 11.8 Å². The van der Waals surface area contributed by atoms with E-state index in [0.717, 1.165) is 44.0 Å². The molecule has 2 aliphatic rings. The van der Waals surface area contributed by atoms with E-state index in [2.05, 4.69) is 5.32 Å². The zero-order valence-electron chi connectivity index (χ0n) is 17.0. The van der Waals surface area contributed by atoms with Crippen molar-refractivity contribution in [3.05, 3.63) is 24.2 Å². The lowest BCUT2D eigenvalue weighted by molar-refractivity contribution is -0.181. The number of rotatable bonds is 6. The van der Waals surface area contributed by atoms with Crippen LogP contribution in [0.3, 0.4) is 0 Å². The highest BCUT2D eigenvalue weighted by molar-refractivity contribution is 5.80. The molecule has 9 heteroatoms. The minimum Gasteiger partial charge on any atom is -0.469 e. The van der Waals surface area contributed by atoms with Gasteiger partial charge < -0.3 is 19.4 Å². The number of aliphatic imine (C=N–C) groups is 1. The number of furan rings is 1. The van der Waals surface area contributed by atoms with E-state index in [-0.39, 0.29) is 6.10 Å². The predicted molar refractivity (Wildman–Crippen MR) is 105 cm³/mol. The second kappa shape index (κ2) is 10.3. The highest BCUT2D eigenvalue weighted by Gasteiger charge is 2.41.